The van der Waals surface area contributed by atoms with Crippen LogP contribution in [-0.4, -0.2) is 23.4 Å². The van der Waals surface area contributed by atoms with E-state index in [4.69, 9.17) is 11.6 Å². The number of nitrogens with zero attached hydrogens (tertiary/aromatic N) is 3. The Morgan fingerprint density at radius 1 is 1.44 bits per heavy atom. The summed E-state index contributed by atoms with van der Waals surface area (Å²) in [4.78, 5) is 0. The Morgan fingerprint density at radius 2 is 2.17 bits per heavy atom. The van der Waals surface area contributed by atoms with Gasteiger partial charge in [0.1, 0.15) is 0 Å². The van der Waals surface area contributed by atoms with Crippen molar-refractivity contribution < 1.29 is 8.42 Å². The van der Waals surface area contributed by atoms with Crippen LogP contribution in [0.5, 0.6) is 0 Å². The van der Waals surface area contributed by atoms with Gasteiger partial charge in [0.05, 0.1) is 5.69 Å². The van der Waals surface area contributed by atoms with Crippen LogP contribution in [-0.2, 0) is 17.1 Å². The van der Waals surface area contributed by atoms with Gasteiger partial charge in [-0.25, -0.2) is 4.68 Å². The maximum atomic E-state index is 12.1. The Kier molecular flexibility index (Phi) is 3.60. The van der Waals surface area contributed by atoms with Crippen LogP contribution in [0.2, 0.25) is 5.02 Å². The zero-order valence-corrected chi connectivity index (χ0v) is 12.3. The summed E-state index contributed by atoms with van der Waals surface area (Å²) >= 11 is 8.83. The molecule has 96 valence electrons. The van der Waals surface area contributed by atoms with Crippen molar-refractivity contribution in [3.63, 3.8) is 0 Å². The van der Waals surface area contributed by atoms with Gasteiger partial charge in [-0.2, -0.15) is 8.42 Å². The Bertz CT molecular complexity index is 666. The molecule has 0 atom stereocenters. The fourth-order valence-electron chi connectivity index (χ4n) is 1.36. The van der Waals surface area contributed by atoms with E-state index in [1.54, 1.807) is 18.2 Å². The summed E-state index contributed by atoms with van der Waals surface area (Å²) in [6.07, 6.45) is 0. The molecule has 0 saturated heterocycles. The number of benzene rings is 1. The number of nitrogens with one attached hydrogen (secondary N) is 1. The number of anilines is 1. The maximum Gasteiger partial charge on any atom is 0.281 e. The molecule has 2 aromatic rings. The first kappa shape index (κ1) is 13.3. The minimum absolute atomic E-state index is 0.0533. The number of aromatic nitrogens is 3. The first-order valence-electron chi connectivity index (χ1n) is 4.74. The summed E-state index contributed by atoms with van der Waals surface area (Å²) in [6.45, 7) is 0. The summed E-state index contributed by atoms with van der Waals surface area (Å²) in [5.41, 5.74) is 0.371. The normalized spacial score (nSPS) is 11.5. The van der Waals surface area contributed by atoms with E-state index in [0.717, 1.165) is 4.68 Å². The van der Waals surface area contributed by atoms with Crippen molar-refractivity contribution in [1.82, 2.24) is 15.0 Å². The van der Waals surface area contributed by atoms with Crippen LogP contribution >= 0.6 is 27.5 Å². The van der Waals surface area contributed by atoms with E-state index in [1.807, 2.05) is 0 Å². The number of halogens is 2. The SMILES string of the molecule is Cn1nnc(Br)c1S(=O)(=O)Nc1cccc(Cl)c1. The standard InChI is InChI=1S/C9H8BrClN4O2S/c1-15-9(8(10)12-14-15)18(16,17)13-7-4-2-3-6(11)5-7/h2-5,13H,1H3. The molecule has 0 bridgehead atoms. The summed E-state index contributed by atoms with van der Waals surface area (Å²) in [5.74, 6) is 0. The van der Waals surface area contributed by atoms with Gasteiger partial charge in [0.15, 0.2) is 4.60 Å². The molecule has 9 heteroatoms. The molecule has 0 radical (unpaired) electrons. The fourth-order valence-corrected chi connectivity index (χ4v) is 3.70. The van der Waals surface area contributed by atoms with Crippen LogP contribution in [0.25, 0.3) is 0 Å². The molecule has 1 aromatic heterocycles. The predicted octanol–water partition coefficient (Wildman–Crippen LogP) is 2.03. The average Bonchev–Trinajstić information content (AvgIpc) is 2.58. The molecule has 1 heterocycles. The van der Waals surface area contributed by atoms with Gasteiger partial charge >= 0.3 is 0 Å². The minimum atomic E-state index is -3.77. The van der Waals surface area contributed by atoms with Gasteiger partial charge in [0, 0.05) is 12.1 Å². The van der Waals surface area contributed by atoms with E-state index in [0.29, 0.717) is 10.7 Å². The molecule has 0 amide bonds. The van der Waals surface area contributed by atoms with E-state index in [9.17, 15) is 8.42 Å². The van der Waals surface area contributed by atoms with Gasteiger partial charge in [0.2, 0.25) is 5.03 Å². The highest BCUT2D eigenvalue weighted by Crippen LogP contribution is 2.22. The monoisotopic (exact) mass is 350 g/mol. The average molecular weight is 352 g/mol. The van der Waals surface area contributed by atoms with Crippen molar-refractivity contribution in [1.29, 1.82) is 0 Å². The highest BCUT2D eigenvalue weighted by atomic mass is 79.9. The zero-order valence-electron chi connectivity index (χ0n) is 9.13. The molecule has 0 aliphatic heterocycles. The summed E-state index contributed by atoms with van der Waals surface area (Å²) in [7, 11) is -2.28. The lowest BCUT2D eigenvalue weighted by Gasteiger charge is -2.08. The van der Waals surface area contributed by atoms with Crippen LogP contribution < -0.4 is 4.72 Å². The molecule has 0 fully saturated rings. The van der Waals surface area contributed by atoms with Crippen LogP contribution in [0.15, 0.2) is 33.9 Å². The highest BCUT2D eigenvalue weighted by Gasteiger charge is 2.23. The molecule has 2 rings (SSSR count). The minimum Gasteiger partial charge on any atom is -0.278 e. The maximum absolute atomic E-state index is 12.1. The van der Waals surface area contributed by atoms with E-state index in [-0.39, 0.29) is 9.63 Å². The second kappa shape index (κ2) is 4.87. The summed E-state index contributed by atoms with van der Waals surface area (Å²) in [5, 5.41) is 7.63. The third-order valence-corrected chi connectivity index (χ3v) is 4.57. The van der Waals surface area contributed by atoms with Gasteiger partial charge in [-0.3, -0.25) is 4.72 Å². The lowest BCUT2D eigenvalue weighted by molar-refractivity contribution is 0.578. The molecular weight excluding hydrogens is 344 g/mol. The van der Waals surface area contributed by atoms with Gasteiger partial charge < -0.3 is 0 Å². The summed E-state index contributed by atoms with van der Waals surface area (Å²) < 4.78 is 28.0. The van der Waals surface area contributed by atoms with E-state index in [1.165, 1.54) is 13.1 Å². The Balaban J connectivity index is 2.39. The van der Waals surface area contributed by atoms with Crippen molar-refractivity contribution in [3.05, 3.63) is 33.9 Å². The van der Waals surface area contributed by atoms with E-state index < -0.39 is 10.0 Å². The van der Waals surface area contributed by atoms with E-state index >= 15 is 0 Å². The lowest BCUT2D eigenvalue weighted by Crippen LogP contribution is -2.17. The molecule has 18 heavy (non-hydrogen) atoms. The molecule has 0 unspecified atom stereocenters. The summed E-state index contributed by atoms with van der Waals surface area (Å²) in [6, 6.07) is 6.41. The van der Waals surface area contributed by atoms with E-state index in [2.05, 4.69) is 31.0 Å². The largest absolute Gasteiger partial charge is 0.281 e. The molecule has 1 aromatic carbocycles. The van der Waals surface area contributed by atoms with Crippen molar-refractivity contribution >= 4 is 43.2 Å². The number of aryl methyl sites for hydroxylation is 1. The third kappa shape index (κ3) is 2.65. The van der Waals surface area contributed by atoms with Gasteiger partial charge in [-0.1, -0.05) is 22.9 Å². The van der Waals surface area contributed by atoms with Crippen LogP contribution in [0.3, 0.4) is 0 Å². The first-order valence-corrected chi connectivity index (χ1v) is 7.39. The van der Waals surface area contributed by atoms with Crippen LogP contribution in [0.4, 0.5) is 5.69 Å². The number of rotatable bonds is 3. The highest BCUT2D eigenvalue weighted by molar-refractivity contribution is 9.10. The van der Waals surface area contributed by atoms with Crippen molar-refractivity contribution in [2.45, 2.75) is 5.03 Å². The Labute approximate surface area is 117 Å². The second-order valence-corrected chi connectivity index (χ2v) is 6.21. The third-order valence-electron chi connectivity index (χ3n) is 2.07. The zero-order chi connectivity index (χ0) is 13.3. The van der Waals surface area contributed by atoms with Crippen molar-refractivity contribution in [3.8, 4) is 0 Å². The molecule has 1 N–H and O–H groups in total. The fraction of sp³-hybridized carbons (Fsp3) is 0.111. The van der Waals surface area contributed by atoms with Gasteiger partial charge in [0.25, 0.3) is 10.0 Å². The topological polar surface area (TPSA) is 76.9 Å². The van der Waals surface area contributed by atoms with Gasteiger partial charge in [-0.15, -0.1) is 5.10 Å². The van der Waals surface area contributed by atoms with Crippen LogP contribution in [0, 0.1) is 0 Å². The molecule has 0 aliphatic rings. The van der Waals surface area contributed by atoms with Crippen molar-refractivity contribution in [2.75, 3.05) is 4.72 Å². The molecule has 0 aliphatic carbocycles. The number of hydrogen-bond donors (Lipinski definition) is 1. The first-order chi connectivity index (χ1) is 8.40. The van der Waals surface area contributed by atoms with Crippen LogP contribution in [0.1, 0.15) is 0 Å². The number of sulfonamides is 1. The molecule has 0 spiro atoms. The molecule has 0 saturated carbocycles. The quantitative estimate of drug-likeness (QED) is 0.918. The smallest absolute Gasteiger partial charge is 0.278 e. The van der Waals surface area contributed by atoms with Gasteiger partial charge in [-0.05, 0) is 34.1 Å². The second-order valence-electron chi connectivity index (χ2n) is 3.42. The molecule has 6 nitrogen and oxygen atoms in total. The lowest BCUT2D eigenvalue weighted by atomic mass is 10.3. The van der Waals surface area contributed by atoms with Crippen molar-refractivity contribution in [2.24, 2.45) is 7.05 Å². The predicted molar refractivity (Wildman–Crippen MR) is 71.0 cm³/mol. The molecular formula is C9H8BrClN4O2S. The Hall–Kier alpha value is -1.12. The number of hydrogen-bond acceptors (Lipinski definition) is 4. The Morgan fingerprint density at radius 3 is 2.72 bits per heavy atom.